The number of thiazole rings is 1. The molecular weight excluding hydrogens is 374 g/mol. The van der Waals surface area contributed by atoms with Gasteiger partial charge in [-0.15, -0.1) is 11.3 Å². The van der Waals surface area contributed by atoms with Crippen molar-refractivity contribution in [1.29, 1.82) is 0 Å². The van der Waals surface area contributed by atoms with Gasteiger partial charge in [0.2, 0.25) is 11.9 Å². The Bertz CT molecular complexity index is 1030. The van der Waals surface area contributed by atoms with Crippen molar-refractivity contribution < 1.29 is 4.79 Å². The van der Waals surface area contributed by atoms with E-state index in [1.807, 2.05) is 5.51 Å². The molecule has 9 heteroatoms. The quantitative estimate of drug-likeness (QED) is 0.704. The van der Waals surface area contributed by atoms with Gasteiger partial charge in [-0.3, -0.25) is 9.69 Å². The minimum absolute atomic E-state index is 0.0673. The van der Waals surface area contributed by atoms with E-state index in [1.165, 1.54) is 10.3 Å². The number of amides is 1. The molecule has 1 aromatic carbocycles. The molecule has 1 unspecified atom stereocenters. The van der Waals surface area contributed by atoms with Gasteiger partial charge in [-0.2, -0.15) is 4.98 Å². The molecule has 2 aromatic heterocycles. The summed E-state index contributed by atoms with van der Waals surface area (Å²) in [5.41, 5.74) is 4.92. The van der Waals surface area contributed by atoms with Crippen molar-refractivity contribution >= 4 is 44.9 Å². The van der Waals surface area contributed by atoms with E-state index in [0.29, 0.717) is 23.5 Å². The number of nitrogens with one attached hydrogen (secondary N) is 2. The van der Waals surface area contributed by atoms with Crippen LogP contribution in [0, 0.1) is 0 Å². The van der Waals surface area contributed by atoms with E-state index in [-0.39, 0.29) is 12.5 Å². The molecule has 0 radical (unpaired) electrons. The Balaban J connectivity index is 1.26. The van der Waals surface area contributed by atoms with Crippen LogP contribution in [0.4, 0.5) is 17.5 Å². The molecule has 4 heterocycles. The molecule has 3 aromatic rings. The van der Waals surface area contributed by atoms with Crippen molar-refractivity contribution in [3.05, 3.63) is 35.5 Å². The van der Waals surface area contributed by atoms with Gasteiger partial charge in [0.25, 0.3) is 0 Å². The SMILES string of the molecule is CC(c1ccc2scnc2c1)N1CCN(c2ncc3c(n2)NCC(=O)N3)CC1. The summed E-state index contributed by atoms with van der Waals surface area (Å²) < 4.78 is 1.23. The Kier molecular flexibility index (Phi) is 4.33. The highest BCUT2D eigenvalue weighted by Crippen LogP contribution is 2.28. The minimum atomic E-state index is -0.0673. The smallest absolute Gasteiger partial charge is 0.243 e. The highest BCUT2D eigenvalue weighted by molar-refractivity contribution is 7.16. The summed E-state index contributed by atoms with van der Waals surface area (Å²) in [5, 5.41) is 5.83. The third-order valence-electron chi connectivity index (χ3n) is 5.45. The number of fused-ring (bicyclic) bond motifs is 2. The van der Waals surface area contributed by atoms with Gasteiger partial charge in [0.05, 0.1) is 28.5 Å². The summed E-state index contributed by atoms with van der Waals surface area (Å²) >= 11 is 1.68. The standard InChI is InChI=1S/C19H21N7OS/c1-12(13-2-3-16-14(8-13)22-11-28-16)25-4-6-26(7-5-25)19-21-9-15-18(24-19)20-10-17(27)23-15/h2-3,8-9,11-12H,4-7,10H2,1H3,(H,23,27)(H,20,21,24). The molecule has 144 valence electrons. The molecule has 1 fully saturated rings. The van der Waals surface area contributed by atoms with E-state index in [0.717, 1.165) is 31.7 Å². The van der Waals surface area contributed by atoms with E-state index >= 15 is 0 Å². The van der Waals surface area contributed by atoms with Crippen LogP contribution in [0.1, 0.15) is 18.5 Å². The number of carbonyl (C=O) groups excluding carboxylic acids is 1. The normalized spacial score (nSPS) is 18.5. The lowest BCUT2D eigenvalue weighted by Crippen LogP contribution is -2.47. The van der Waals surface area contributed by atoms with E-state index < -0.39 is 0 Å². The van der Waals surface area contributed by atoms with E-state index in [9.17, 15) is 4.79 Å². The maximum absolute atomic E-state index is 11.4. The van der Waals surface area contributed by atoms with Crippen molar-refractivity contribution in [2.45, 2.75) is 13.0 Å². The zero-order chi connectivity index (χ0) is 19.1. The molecule has 0 saturated carbocycles. The second kappa shape index (κ2) is 6.99. The van der Waals surface area contributed by atoms with Gasteiger partial charge in [-0.1, -0.05) is 6.07 Å². The Morgan fingerprint density at radius 3 is 2.89 bits per heavy atom. The van der Waals surface area contributed by atoms with Gasteiger partial charge in [-0.25, -0.2) is 9.97 Å². The number of nitrogens with zero attached hydrogens (tertiary/aromatic N) is 5. The third-order valence-corrected chi connectivity index (χ3v) is 6.26. The van der Waals surface area contributed by atoms with E-state index in [2.05, 4.69) is 60.5 Å². The third kappa shape index (κ3) is 3.16. The first-order valence-electron chi connectivity index (χ1n) is 9.40. The highest BCUT2D eigenvalue weighted by atomic mass is 32.1. The van der Waals surface area contributed by atoms with Crippen molar-refractivity contribution in [1.82, 2.24) is 19.9 Å². The van der Waals surface area contributed by atoms with Gasteiger partial charge >= 0.3 is 0 Å². The number of hydrogen-bond donors (Lipinski definition) is 2. The average molecular weight is 395 g/mol. The van der Waals surface area contributed by atoms with Crippen LogP contribution in [-0.4, -0.2) is 58.5 Å². The Morgan fingerprint density at radius 1 is 1.18 bits per heavy atom. The largest absolute Gasteiger partial charge is 0.359 e. The lowest BCUT2D eigenvalue weighted by Gasteiger charge is -2.38. The van der Waals surface area contributed by atoms with Gasteiger partial charge in [-0.05, 0) is 24.6 Å². The summed E-state index contributed by atoms with van der Waals surface area (Å²) in [7, 11) is 0. The summed E-state index contributed by atoms with van der Waals surface area (Å²) in [4.78, 5) is 29.6. The number of hydrogen-bond acceptors (Lipinski definition) is 8. The summed E-state index contributed by atoms with van der Waals surface area (Å²) in [6, 6.07) is 6.93. The highest BCUT2D eigenvalue weighted by Gasteiger charge is 2.25. The number of benzene rings is 1. The minimum Gasteiger partial charge on any atom is -0.359 e. The predicted octanol–water partition coefficient (Wildman–Crippen LogP) is 2.33. The second-order valence-electron chi connectivity index (χ2n) is 7.11. The summed E-state index contributed by atoms with van der Waals surface area (Å²) in [5.74, 6) is 1.33. The molecule has 0 bridgehead atoms. The number of carbonyl (C=O) groups is 1. The zero-order valence-electron chi connectivity index (χ0n) is 15.6. The molecule has 5 rings (SSSR count). The molecule has 0 aliphatic carbocycles. The molecule has 28 heavy (non-hydrogen) atoms. The Morgan fingerprint density at radius 2 is 2.04 bits per heavy atom. The van der Waals surface area contributed by atoms with Crippen molar-refractivity contribution in [2.24, 2.45) is 0 Å². The van der Waals surface area contributed by atoms with Crippen molar-refractivity contribution in [3.8, 4) is 0 Å². The number of piperazine rings is 1. The van der Waals surface area contributed by atoms with Gasteiger partial charge in [0.15, 0.2) is 5.82 Å². The molecule has 2 aliphatic heterocycles. The molecule has 1 saturated heterocycles. The Hall–Kier alpha value is -2.78. The molecule has 2 aliphatic rings. The number of anilines is 3. The first-order valence-corrected chi connectivity index (χ1v) is 10.3. The van der Waals surface area contributed by atoms with Crippen molar-refractivity contribution in [2.75, 3.05) is 48.3 Å². The topological polar surface area (TPSA) is 86.3 Å². The van der Waals surface area contributed by atoms with E-state index in [1.54, 1.807) is 17.5 Å². The van der Waals surface area contributed by atoms with Gasteiger partial charge in [0.1, 0.15) is 5.69 Å². The van der Waals surface area contributed by atoms with Crippen molar-refractivity contribution in [3.63, 3.8) is 0 Å². The van der Waals surface area contributed by atoms with Gasteiger partial charge < -0.3 is 15.5 Å². The predicted molar refractivity (Wildman–Crippen MR) is 111 cm³/mol. The fourth-order valence-electron chi connectivity index (χ4n) is 3.76. The lowest BCUT2D eigenvalue weighted by molar-refractivity contribution is -0.114. The molecule has 1 amide bonds. The van der Waals surface area contributed by atoms with Crippen LogP contribution in [0.5, 0.6) is 0 Å². The first-order chi connectivity index (χ1) is 13.7. The average Bonchev–Trinajstić information content (AvgIpc) is 3.21. The zero-order valence-corrected chi connectivity index (χ0v) is 16.4. The van der Waals surface area contributed by atoms with Crippen LogP contribution in [0.25, 0.3) is 10.2 Å². The second-order valence-corrected chi connectivity index (χ2v) is 8.00. The Labute approximate surface area is 166 Å². The maximum Gasteiger partial charge on any atom is 0.243 e. The number of aromatic nitrogens is 3. The maximum atomic E-state index is 11.4. The molecule has 2 N–H and O–H groups in total. The number of rotatable bonds is 3. The van der Waals surface area contributed by atoms with Crippen LogP contribution < -0.4 is 15.5 Å². The summed E-state index contributed by atoms with van der Waals surface area (Å²) in [6.07, 6.45) is 1.68. The molecule has 0 spiro atoms. The summed E-state index contributed by atoms with van der Waals surface area (Å²) in [6.45, 7) is 6.13. The fraction of sp³-hybridized carbons (Fsp3) is 0.368. The first kappa shape index (κ1) is 17.3. The monoisotopic (exact) mass is 395 g/mol. The van der Waals surface area contributed by atoms with Crippen LogP contribution >= 0.6 is 11.3 Å². The van der Waals surface area contributed by atoms with Crippen LogP contribution in [0.3, 0.4) is 0 Å². The van der Waals surface area contributed by atoms with E-state index in [4.69, 9.17) is 0 Å². The molecular formula is C19H21N7OS. The van der Waals surface area contributed by atoms with Crippen LogP contribution in [-0.2, 0) is 4.79 Å². The lowest BCUT2D eigenvalue weighted by atomic mass is 10.1. The molecule has 1 atom stereocenters. The van der Waals surface area contributed by atoms with Gasteiger partial charge in [0, 0.05) is 32.2 Å². The van der Waals surface area contributed by atoms with Crippen LogP contribution in [0.2, 0.25) is 0 Å². The fourth-order valence-corrected chi connectivity index (χ4v) is 4.42. The van der Waals surface area contributed by atoms with Crippen LogP contribution in [0.15, 0.2) is 29.9 Å². The molecule has 8 nitrogen and oxygen atoms in total.